The number of ether oxygens (including phenoxy) is 1. The molecule has 5 heteroatoms. The van der Waals surface area contributed by atoms with Gasteiger partial charge in [-0.3, -0.25) is 0 Å². The Balaban J connectivity index is 1.79. The van der Waals surface area contributed by atoms with E-state index in [1.165, 1.54) is 0 Å². The molecule has 3 atom stereocenters. The number of rotatable bonds is 6. The van der Waals surface area contributed by atoms with Crippen LogP contribution < -0.4 is 10.6 Å². The monoisotopic (exact) mass is 292 g/mol. The van der Waals surface area contributed by atoms with Crippen LogP contribution in [0.2, 0.25) is 0 Å². The Morgan fingerprint density at radius 3 is 2.76 bits per heavy atom. The summed E-state index contributed by atoms with van der Waals surface area (Å²) in [4.78, 5) is 12.0. The average Bonchev–Trinajstić information content (AvgIpc) is 3.02. The van der Waals surface area contributed by atoms with E-state index in [-0.39, 0.29) is 24.7 Å². The summed E-state index contributed by atoms with van der Waals surface area (Å²) in [5.41, 5.74) is 1.09. The van der Waals surface area contributed by atoms with Gasteiger partial charge >= 0.3 is 6.03 Å². The maximum atomic E-state index is 12.0. The standard InChI is InChI=1S/C16H24N2O3/c1-12(14-7-8-21-11-14)17-16(20)18-15(10-19)9-13-5-3-2-4-6-13/h2-6,12,14-15,19H,7-11H2,1H3,(H2,17,18,20)/t12?,14?,15-/m0/s1. The first-order valence-corrected chi connectivity index (χ1v) is 7.48. The second-order valence-electron chi connectivity index (χ2n) is 5.60. The van der Waals surface area contributed by atoms with E-state index in [2.05, 4.69) is 10.6 Å². The van der Waals surface area contributed by atoms with Crippen LogP contribution in [0.25, 0.3) is 0 Å². The van der Waals surface area contributed by atoms with Crippen LogP contribution >= 0.6 is 0 Å². The van der Waals surface area contributed by atoms with Gasteiger partial charge in [-0.1, -0.05) is 30.3 Å². The fourth-order valence-corrected chi connectivity index (χ4v) is 2.56. The third-order valence-corrected chi connectivity index (χ3v) is 3.91. The number of aliphatic hydroxyl groups excluding tert-OH is 1. The van der Waals surface area contributed by atoms with E-state index in [1.54, 1.807) is 0 Å². The van der Waals surface area contributed by atoms with Gasteiger partial charge in [-0.05, 0) is 25.3 Å². The molecule has 0 aromatic heterocycles. The fourth-order valence-electron chi connectivity index (χ4n) is 2.56. The van der Waals surface area contributed by atoms with Crippen molar-refractivity contribution in [2.45, 2.75) is 31.8 Å². The summed E-state index contributed by atoms with van der Waals surface area (Å²) in [6.45, 7) is 3.38. The fraction of sp³-hybridized carbons (Fsp3) is 0.562. The zero-order valence-electron chi connectivity index (χ0n) is 12.4. The van der Waals surface area contributed by atoms with Gasteiger partial charge in [-0.15, -0.1) is 0 Å². The lowest BCUT2D eigenvalue weighted by Gasteiger charge is -2.22. The first-order chi connectivity index (χ1) is 10.2. The SMILES string of the molecule is CC(NC(=O)N[C@H](CO)Cc1ccccc1)C1CCOC1. The maximum absolute atomic E-state index is 12.0. The minimum absolute atomic E-state index is 0.0727. The van der Waals surface area contributed by atoms with Crippen molar-refractivity contribution in [1.29, 1.82) is 0 Å². The van der Waals surface area contributed by atoms with E-state index in [1.807, 2.05) is 37.3 Å². The van der Waals surface area contributed by atoms with Crippen LogP contribution in [0.4, 0.5) is 4.79 Å². The van der Waals surface area contributed by atoms with Crippen molar-refractivity contribution >= 4 is 6.03 Å². The molecule has 2 rings (SSSR count). The second-order valence-corrected chi connectivity index (χ2v) is 5.60. The molecule has 0 spiro atoms. The van der Waals surface area contributed by atoms with Crippen molar-refractivity contribution < 1.29 is 14.6 Å². The Kier molecular flexibility index (Phi) is 6.02. The van der Waals surface area contributed by atoms with Gasteiger partial charge in [0, 0.05) is 18.6 Å². The Hall–Kier alpha value is -1.59. The van der Waals surface area contributed by atoms with E-state index < -0.39 is 0 Å². The van der Waals surface area contributed by atoms with Crippen molar-refractivity contribution in [3.63, 3.8) is 0 Å². The van der Waals surface area contributed by atoms with E-state index in [9.17, 15) is 9.90 Å². The zero-order chi connectivity index (χ0) is 15.1. The van der Waals surface area contributed by atoms with Gasteiger partial charge in [-0.2, -0.15) is 0 Å². The quantitative estimate of drug-likeness (QED) is 0.740. The van der Waals surface area contributed by atoms with E-state index in [4.69, 9.17) is 4.74 Å². The molecule has 1 fully saturated rings. The Labute approximate surface area is 125 Å². The molecule has 1 aliphatic rings. The lowest BCUT2D eigenvalue weighted by molar-refractivity contribution is 0.176. The van der Waals surface area contributed by atoms with Crippen LogP contribution in [0.15, 0.2) is 30.3 Å². The van der Waals surface area contributed by atoms with Crippen LogP contribution in [-0.2, 0) is 11.2 Å². The second kappa shape index (κ2) is 8.00. The molecule has 1 saturated heterocycles. The van der Waals surface area contributed by atoms with Gasteiger partial charge in [0.2, 0.25) is 0 Å². The third-order valence-electron chi connectivity index (χ3n) is 3.91. The largest absolute Gasteiger partial charge is 0.394 e. The molecular formula is C16H24N2O3. The first-order valence-electron chi connectivity index (χ1n) is 7.48. The van der Waals surface area contributed by atoms with Gasteiger partial charge < -0.3 is 20.5 Å². The number of urea groups is 1. The molecule has 1 aromatic rings. The van der Waals surface area contributed by atoms with E-state index in [0.29, 0.717) is 18.9 Å². The minimum atomic E-state index is -0.278. The number of hydrogen-bond donors (Lipinski definition) is 3. The number of carbonyl (C=O) groups excluding carboxylic acids is 1. The molecule has 2 unspecified atom stereocenters. The first kappa shape index (κ1) is 15.8. The molecule has 1 aliphatic heterocycles. The third kappa shape index (κ3) is 5.02. The molecule has 1 aromatic carbocycles. The molecule has 116 valence electrons. The van der Waals surface area contributed by atoms with Crippen molar-refractivity contribution in [3.05, 3.63) is 35.9 Å². The molecule has 0 bridgehead atoms. The van der Waals surface area contributed by atoms with Gasteiger partial charge in [0.15, 0.2) is 0 Å². The summed E-state index contributed by atoms with van der Waals surface area (Å²) < 4.78 is 5.33. The topological polar surface area (TPSA) is 70.6 Å². The molecule has 21 heavy (non-hydrogen) atoms. The lowest BCUT2D eigenvalue weighted by atomic mass is 10.0. The predicted molar refractivity (Wildman–Crippen MR) is 81.1 cm³/mol. The smallest absolute Gasteiger partial charge is 0.315 e. The number of amides is 2. The molecule has 5 nitrogen and oxygen atoms in total. The lowest BCUT2D eigenvalue weighted by Crippen LogP contribution is -2.49. The highest BCUT2D eigenvalue weighted by atomic mass is 16.5. The number of carbonyl (C=O) groups is 1. The number of hydrogen-bond acceptors (Lipinski definition) is 3. The molecule has 0 saturated carbocycles. The van der Waals surface area contributed by atoms with Crippen molar-refractivity contribution in [2.24, 2.45) is 5.92 Å². The summed E-state index contributed by atoms with van der Waals surface area (Å²) in [6, 6.07) is 9.38. The molecule has 0 radical (unpaired) electrons. The van der Waals surface area contributed by atoms with Crippen LogP contribution in [0.1, 0.15) is 18.9 Å². The Morgan fingerprint density at radius 2 is 2.14 bits per heavy atom. The van der Waals surface area contributed by atoms with Crippen LogP contribution in [-0.4, -0.2) is 43.0 Å². The number of aliphatic hydroxyl groups is 1. The van der Waals surface area contributed by atoms with Crippen molar-refractivity contribution in [3.8, 4) is 0 Å². The van der Waals surface area contributed by atoms with Gasteiger partial charge in [0.25, 0.3) is 0 Å². The Morgan fingerprint density at radius 1 is 1.38 bits per heavy atom. The summed E-state index contributed by atoms with van der Waals surface area (Å²) in [5, 5.41) is 15.2. The average molecular weight is 292 g/mol. The summed E-state index contributed by atoms with van der Waals surface area (Å²) in [7, 11) is 0. The molecular weight excluding hydrogens is 268 g/mol. The van der Waals surface area contributed by atoms with Crippen molar-refractivity contribution in [2.75, 3.05) is 19.8 Å². The van der Waals surface area contributed by atoms with Crippen molar-refractivity contribution in [1.82, 2.24) is 10.6 Å². The maximum Gasteiger partial charge on any atom is 0.315 e. The minimum Gasteiger partial charge on any atom is -0.394 e. The summed E-state index contributed by atoms with van der Waals surface area (Å²) in [5.74, 6) is 0.373. The normalized spacial score (nSPS) is 20.8. The van der Waals surface area contributed by atoms with Crippen LogP contribution in [0.3, 0.4) is 0 Å². The van der Waals surface area contributed by atoms with Crippen LogP contribution in [0, 0.1) is 5.92 Å². The molecule has 2 amide bonds. The highest BCUT2D eigenvalue weighted by Crippen LogP contribution is 2.16. The molecule has 0 aliphatic carbocycles. The van der Waals surface area contributed by atoms with Crippen LogP contribution in [0.5, 0.6) is 0 Å². The van der Waals surface area contributed by atoms with Gasteiger partial charge in [0.05, 0.1) is 19.3 Å². The predicted octanol–water partition coefficient (Wildman–Crippen LogP) is 1.31. The number of nitrogens with one attached hydrogen (secondary N) is 2. The summed E-state index contributed by atoms with van der Waals surface area (Å²) >= 11 is 0. The zero-order valence-corrected chi connectivity index (χ0v) is 12.4. The molecule has 3 N–H and O–H groups in total. The highest BCUT2D eigenvalue weighted by Gasteiger charge is 2.24. The van der Waals surface area contributed by atoms with E-state index in [0.717, 1.165) is 18.6 Å². The van der Waals surface area contributed by atoms with E-state index >= 15 is 0 Å². The van der Waals surface area contributed by atoms with Gasteiger partial charge in [0.1, 0.15) is 0 Å². The molecule has 1 heterocycles. The Bertz CT molecular complexity index is 432. The number of benzene rings is 1. The van der Waals surface area contributed by atoms with Gasteiger partial charge in [-0.25, -0.2) is 4.79 Å². The summed E-state index contributed by atoms with van der Waals surface area (Å²) in [6.07, 6.45) is 1.60. The highest BCUT2D eigenvalue weighted by molar-refractivity contribution is 5.74.